The van der Waals surface area contributed by atoms with Gasteiger partial charge in [-0.05, 0) is 17.9 Å². The Balaban J connectivity index is 2.04. The second-order valence-electron chi connectivity index (χ2n) is 4.06. The Morgan fingerprint density at radius 1 is 1.60 bits per heavy atom. The van der Waals surface area contributed by atoms with Gasteiger partial charge in [0.15, 0.2) is 0 Å². The Labute approximate surface area is 94.1 Å². The van der Waals surface area contributed by atoms with Crippen molar-refractivity contribution >= 4 is 11.3 Å². The van der Waals surface area contributed by atoms with Gasteiger partial charge < -0.3 is 5.73 Å². The molecule has 1 aromatic heterocycles. The van der Waals surface area contributed by atoms with E-state index >= 15 is 0 Å². The molecule has 0 aromatic carbocycles. The van der Waals surface area contributed by atoms with Gasteiger partial charge in [-0.3, -0.25) is 4.90 Å². The van der Waals surface area contributed by atoms with Gasteiger partial charge in [0, 0.05) is 29.9 Å². The molecule has 2 unspecified atom stereocenters. The molecule has 2 rings (SSSR count). The van der Waals surface area contributed by atoms with E-state index in [2.05, 4.69) is 28.5 Å². The number of thiophene rings is 1. The molecule has 80 valence electrons. The van der Waals surface area contributed by atoms with Crippen LogP contribution in [0.5, 0.6) is 0 Å². The smallest absolute Gasteiger partial charge is 0.0866 e. The molecule has 1 aliphatic rings. The van der Waals surface area contributed by atoms with Crippen molar-refractivity contribution in [3.63, 3.8) is 0 Å². The number of hydrogen-bond acceptors (Lipinski definition) is 4. The summed E-state index contributed by atoms with van der Waals surface area (Å²) in [6, 6.07) is 6.65. The van der Waals surface area contributed by atoms with Crippen LogP contribution in [0.25, 0.3) is 0 Å². The van der Waals surface area contributed by atoms with Gasteiger partial charge in [-0.1, -0.05) is 6.07 Å². The van der Waals surface area contributed by atoms with Gasteiger partial charge in [0.1, 0.15) is 0 Å². The molecule has 2 atom stereocenters. The van der Waals surface area contributed by atoms with Crippen molar-refractivity contribution in [2.24, 2.45) is 5.73 Å². The third-order valence-electron chi connectivity index (χ3n) is 2.80. The lowest BCUT2D eigenvalue weighted by molar-refractivity contribution is 0.210. The predicted octanol–water partition coefficient (Wildman–Crippen LogP) is 1.39. The average Bonchev–Trinajstić information content (AvgIpc) is 2.70. The van der Waals surface area contributed by atoms with Crippen LogP contribution in [0.15, 0.2) is 17.5 Å². The highest BCUT2D eigenvalue weighted by Gasteiger charge is 2.26. The highest BCUT2D eigenvalue weighted by Crippen LogP contribution is 2.29. The predicted molar refractivity (Wildman–Crippen MR) is 61.7 cm³/mol. The standard InChI is InChI=1S/C11H15N3S/c12-3-4-14-7-9(6-10(13)8-14)11-2-1-5-15-11/h1-2,5,9-10H,4,6-8,13H2. The molecule has 1 fully saturated rings. The van der Waals surface area contributed by atoms with E-state index in [1.54, 1.807) is 11.3 Å². The van der Waals surface area contributed by atoms with Crippen LogP contribution in [0.2, 0.25) is 0 Å². The molecule has 1 saturated heterocycles. The summed E-state index contributed by atoms with van der Waals surface area (Å²) in [4.78, 5) is 3.55. The number of nitrogens with two attached hydrogens (primary N) is 1. The van der Waals surface area contributed by atoms with Gasteiger partial charge in [0.25, 0.3) is 0 Å². The normalized spacial score (nSPS) is 27.5. The summed E-state index contributed by atoms with van der Waals surface area (Å²) in [5, 5.41) is 10.8. The van der Waals surface area contributed by atoms with E-state index in [0.29, 0.717) is 12.5 Å². The molecule has 2 heterocycles. The van der Waals surface area contributed by atoms with Gasteiger partial charge in [-0.2, -0.15) is 5.26 Å². The van der Waals surface area contributed by atoms with Gasteiger partial charge in [0.05, 0.1) is 12.6 Å². The van der Waals surface area contributed by atoms with Crippen LogP contribution in [0.1, 0.15) is 17.2 Å². The second-order valence-corrected chi connectivity index (χ2v) is 5.04. The first-order chi connectivity index (χ1) is 7.29. The van der Waals surface area contributed by atoms with E-state index in [0.717, 1.165) is 19.5 Å². The lowest BCUT2D eigenvalue weighted by Crippen LogP contribution is -2.46. The fraction of sp³-hybridized carbons (Fsp3) is 0.545. The lowest BCUT2D eigenvalue weighted by Gasteiger charge is -2.34. The van der Waals surface area contributed by atoms with Gasteiger partial charge in [0.2, 0.25) is 0 Å². The summed E-state index contributed by atoms with van der Waals surface area (Å²) in [5.74, 6) is 0.516. The van der Waals surface area contributed by atoms with Crippen LogP contribution >= 0.6 is 11.3 Å². The summed E-state index contributed by atoms with van der Waals surface area (Å²) in [5.41, 5.74) is 6.01. The fourth-order valence-corrected chi connectivity index (χ4v) is 3.03. The van der Waals surface area contributed by atoms with E-state index in [4.69, 9.17) is 11.0 Å². The molecular formula is C11H15N3S. The number of likely N-dealkylation sites (tertiary alicyclic amines) is 1. The first-order valence-electron chi connectivity index (χ1n) is 5.18. The van der Waals surface area contributed by atoms with Crippen LogP contribution in [-0.2, 0) is 0 Å². The molecule has 0 amide bonds. The maximum Gasteiger partial charge on any atom is 0.0866 e. The van der Waals surface area contributed by atoms with E-state index in [-0.39, 0.29) is 6.04 Å². The summed E-state index contributed by atoms with van der Waals surface area (Å²) in [6.07, 6.45) is 1.04. The van der Waals surface area contributed by atoms with E-state index in [1.807, 2.05) is 0 Å². The first-order valence-corrected chi connectivity index (χ1v) is 6.06. The van der Waals surface area contributed by atoms with Crippen LogP contribution < -0.4 is 5.73 Å². The largest absolute Gasteiger partial charge is 0.327 e. The minimum absolute atomic E-state index is 0.208. The van der Waals surface area contributed by atoms with E-state index in [9.17, 15) is 0 Å². The number of piperidine rings is 1. The topological polar surface area (TPSA) is 53.0 Å². The van der Waals surface area contributed by atoms with Gasteiger partial charge >= 0.3 is 0 Å². The molecule has 0 aliphatic carbocycles. The maximum absolute atomic E-state index is 8.69. The molecule has 0 spiro atoms. The molecule has 15 heavy (non-hydrogen) atoms. The molecule has 2 N–H and O–H groups in total. The van der Waals surface area contributed by atoms with E-state index in [1.165, 1.54) is 4.88 Å². The number of nitrogens with zero attached hydrogens (tertiary/aromatic N) is 2. The van der Waals surface area contributed by atoms with Crippen LogP contribution in [0.3, 0.4) is 0 Å². The number of rotatable bonds is 2. The molecule has 0 saturated carbocycles. The third-order valence-corrected chi connectivity index (χ3v) is 3.83. The SMILES string of the molecule is N#CCN1CC(N)CC(c2cccs2)C1. The Bertz CT molecular complexity index is 341. The van der Waals surface area contributed by atoms with E-state index < -0.39 is 0 Å². The summed E-state index contributed by atoms with van der Waals surface area (Å²) in [7, 11) is 0. The van der Waals surface area contributed by atoms with Crippen molar-refractivity contribution in [1.82, 2.24) is 4.90 Å². The quantitative estimate of drug-likeness (QED) is 0.768. The summed E-state index contributed by atoms with van der Waals surface area (Å²) >= 11 is 1.79. The zero-order valence-corrected chi connectivity index (χ0v) is 9.41. The lowest BCUT2D eigenvalue weighted by atomic mass is 9.93. The second kappa shape index (κ2) is 4.75. The van der Waals surface area contributed by atoms with Crippen LogP contribution in [0, 0.1) is 11.3 Å². The highest BCUT2D eigenvalue weighted by molar-refractivity contribution is 7.10. The maximum atomic E-state index is 8.69. The van der Waals surface area contributed by atoms with Gasteiger partial charge in [-0.15, -0.1) is 11.3 Å². The fourth-order valence-electron chi connectivity index (χ4n) is 2.19. The summed E-state index contributed by atoms with van der Waals surface area (Å²) in [6.45, 7) is 2.33. The molecule has 0 radical (unpaired) electrons. The van der Waals surface area contributed by atoms with Crippen molar-refractivity contribution in [2.75, 3.05) is 19.6 Å². The molecule has 1 aromatic rings. The zero-order chi connectivity index (χ0) is 10.7. The molecule has 4 heteroatoms. The van der Waals surface area contributed by atoms with Crippen molar-refractivity contribution < 1.29 is 0 Å². The minimum Gasteiger partial charge on any atom is -0.327 e. The Hall–Kier alpha value is -0.890. The van der Waals surface area contributed by atoms with Crippen molar-refractivity contribution in [3.05, 3.63) is 22.4 Å². The van der Waals surface area contributed by atoms with Crippen molar-refractivity contribution in [3.8, 4) is 6.07 Å². The van der Waals surface area contributed by atoms with Gasteiger partial charge in [-0.25, -0.2) is 0 Å². The highest BCUT2D eigenvalue weighted by atomic mass is 32.1. The minimum atomic E-state index is 0.208. The van der Waals surface area contributed by atoms with Crippen molar-refractivity contribution in [2.45, 2.75) is 18.4 Å². The third kappa shape index (κ3) is 2.57. The Morgan fingerprint density at radius 3 is 3.13 bits per heavy atom. The molecule has 1 aliphatic heterocycles. The molecular weight excluding hydrogens is 206 g/mol. The average molecular weight is 221 g/mol. The molecule has 0 bridgehead atoms. The molecule has 3 nitrogen and oxygen atoms in total. The monoisotopic (exact) mass is 221 g/mol. The van der Waals surface area contributed by atoms with Crippen molar-refractivity contribution in [1.29, 1.82) is 5.26 Å². The Morgan fingerprint density at radius 2 is 2.47 bits per heavy atom. The van der Waals surface area contributed by atoms with Crippen LogP contribution in [-0.4, -0.2) is 30.6 Å². The zero-order valence-electron chi connectivity index (χ0n) is 8.60. The summed E-state index contributed by atoms with van der Waals surface area (Å²) < 4.78 is 0. The number of nitriles is 1. The first kappa shape index (κ1) is 10.6. The van der Waals surface area contributed by atoms with Crippen LogP contribution in [0.4, 0.5) is 0 Å². The Kier molecular flexibility index (Phi) is 3.37. The number of hydrogen-bond donors (Lipinski definition) is 1.